The molecular formula is C24H24Cl4N4O2. The Balaban J connectivity index is 1.86. The Morgan fingerprint density at radius 3 is 2.12 bits per heavy atom. The van der Waals surface area contributed by atoms with Crippen molar-refractivity contribution in [3.05, 3.63) is 73.8 Å². The molecule has 0 atom stereocenters. The molecule has 0 saturated carbocycles. The van der Waals surface area contributed by atoms with Gasteiger partial charge in [0.15, 0.2) is 0 Å². The van der Waals surface area contributed by atoms with Crippen LogP contribution in [0.3, 0.4) is 0 Å². The summed E-state index contributed by atoms with van der Waals surface area (Å²) in [5.74, 6) is -0.257. The topological polar surface area (TPSA) is 67.2 Å². The van der Waals surface area contributed by atoms with E-state index in [2.05, 4.69) is 10.4 Å². The summed E-state index contributed by atoms with van der Waals surface area (Å²) >= 11 is 24.2. The van der Waals surface area contributed by atoms with Gasteiger partial charge >= 0.3 is 0 Å². The number of rotatable bonds is 6. The van der Waals surface area contributed by atoms with Crippen molar-refractivity contribution in [2.75, 3.05) is 18.4 Å². The Kier molecular flexibility index (Phi) is 8.19. The van der Waals surface area contributed by atoms with Crippen LogP contribution in [0.2, 0.25) is 20.1 Å². The van der Waals surface area contributed by atoms with Crippen LogP contribution in [0, 0.1) is 0 Å². The van der Waals surface area contributed by atoms with Gasteiger partial charge in [0.2, 0.25) is 5.91 Å². The molecule has 3 rings (SSSR count). The number of hydrogen-bond donors (Lipinski definition) is 1. The van der Waals surface area contributed by atoms with Crippen molar-refractivity contribution in [1.29, 1.82) is 0 Å². The van der Waals surface area contributed by atoms with Gasteiger partial charge in [-0.15, -0.1) is 0 Å². The quantitative estimate of drug-likeness (QED) is 0.369. The Hall–Kier alpha value is -2.25. The zero-order valence-corrected chi connectivity index (χ0v) is 22.1. The third kappa shape index (κ3) is 6.05. The molecular weight excluding hydrogens is 518 g/mol. The van der Waals surface area contributed by atoms with E-state index in [1.807, 2.05) is 20.8 Å². The lowest BCUT2D eigenvalue weighted by Crippen LogP contribution is -2.38. The van der Waals surface area contributed by atoms with Gasteiger partial charge in [0.05, 0.1) is 31.5 Å². The van der Waals surface area contributed by atoms with Crippen molar-refractivity contribution in [3.8, 4) is 5.69 Å². The molecule has 3 aromatic rings. The number of halogens is 4. The molecule has 0 aliphatic heterocycles. The molecule has 1 aromatic heterocycles. The third-order valence-corrected chi connectivity index (χ3v) is 6.54. The van der Waals surface area contributed by atoms with E-state index < -0.39 is 0 Å². The van der Waals surface area contributed by atoms with Gasteiger partial charge in [-0.1, -0.05) is 67.2 Å². The fourth-order valence-corrected chi connectivity index (χ4v) is 3.74. The lowest BCUT2D eigenvalue weighted by Gasteiger charge is -2.21. The lowest BCUT2D eigenvalue weighted by molar-refractivity contribution is -0.116. The summed E-state index contributed by atoms with van der Waals surface area (Å²) in [5.41, 5.74) is 1.49. The predicted molar refractivity (Wildman–Crippen MR) is 139 cm³/mol. The van der Waals surface area contributed by atoms with Crippen LogP contribution in [0.15, 0.2) is 42.5 Å². The van der Waals surface area contributed by atoms with E-state index in [9.17, 15) is 9.59 Å². The first-order chi connectivity index (χ1) is 15.9. The van der Waals surface area contributed by atoms with E-state index in [1.54, 1.807) is 48.0 Å². The largest absolute Gasteiger partial charge is 0.330 e. The van der Waals surface area contributed by atoms with Crippen molar-refractivity contribution in [1.82, 2.24) is 14.7 Å². The highest BCUT2D eigenvalue weighted by molar-refractivity contribution is 6.42. The van der Waals surface area contributed by atoms with Gasteiger partial charge in [-0.05, 0) is 43.3 Å². The van der Waals surface area contributed by atoms with E-state index >= 15 is 0 Å². The van der Waals surface area contributed by atoms with Crippen molar-refractivity contribution in [2.24, 2.45) is 0 Å². The Labute approximate surface area is 218 Å². The number of nitrogens with zero attached hydrogens (tertiary/aromatic N) is 3. The molecule has 2 amide bonds. The summed E-state index contributed by atoms with van der Waals surface area (Å²) in [5, 5.41) is 8.95. The summed E-state index contributed by atoms with van der Waals surface area (Å²) in [6.07, 6.45) is 0. The van der Waals surface area contributed by atoms with Gasteiger partial charge in [-0.25, -0.2) is 4.68 Å². The molecule has 0 aliphatic rings. The molecule has 0 unspecified atom stereocenters. The number of carbonyl (C=O) groups is 2. The highest BCUT2D eigenvalue weighted by Crippen LogP contribution is 2.29. The molecule has 2 aromatic carbocycles. The number of amides is 2. The third-order valence-electron chi connectivity index (χ3n) is 5.06. The Morgan fingerprint density at radius 2 is 1.56 bits per heavy atom. The van der Waals surface area contributed by atoms with Gasteiger partial charge in [-0.2, -0.15) is 5.10 Å². The van der Waals surface area contributed by atoms with E-state index in [-0.39, 0.29) is 28.8 Å². The Bertz CT molecular complexity index is 1230. The van der Waals surface area contributed by atoms with Crippen LogP contribution in [-0.2, 0) is 10.2 Å². The maximum absolute atomic E-state index is 13.0. The fourth-order valence-electron chi connectivity index (χ4n) is 3.14. The minimum atomic E-state index is -0.378. The molecule has 1 heterocycles. The van der Waals surface area contributed by atoms with Gasteiger partial charge < -0.3 is 10.2 Å². The first-order valence-corrected chi connectivity index (χ1v) is 12.0. The molecule has 0 radical (unpaired) electrons. The van der Waals surface area contributed by atoms with Crippen LogP contribution in [0.4, 0.5) is 5.82 Å². The maximum Gasteiger partial charge on any atom is 0.254 e. The van der Waals surface area contributed by atoms with Crippen molar-refractivity contribution >= 4 is 64.0 Å². The predicted octanol–water partition coefficient (Wildman–Crippen LogP) is 6.88. The number of nitrogens with one attached hydrogen (secondary N) is 1. The van der Waals surface area contributed by atoms with Crippen molar-refractivity contribution < 1.29 is 9.59 Å². The highest BCUT2D eigenvalue weighted by Gasteiger charge is 2.23. The molecule has 0 spiro atoms. The summed E-state index contributed by atoms with van der Waals surface area (Å²) in [7, 11) is 0. The fraction of sp³-hybridized carbons (Fsp3) is 0.292. The maximum atomic E-state index is 13.0. The second kappa shape index (κ2) is 10.6. The van der Waals surface area contributed by atoms with E-state index in [4.69, 9.17) is 46.4 Å². The number of anilines is 1. The molecule has 1 N–H and O–H groups in total. The zero-order chi connectivity index (χ0) is 25.2. The van der Waals surface area contributed by atoms with Crippen LogP contribution < -0.4 is 5.32 Å². The number of benzene rings is 2. The summed E-state index contributed by atoms with van der Waals surface area (Å²) < 4.78 is 1.60. The summed E-state index contributed by atoms with van der Waals surface area (Å²) in [4.78, 5) is 27.3. The average molecular weight is 542 g/mol. The van der Waals surface area contributed by atoms with Gasteiger partial charge in [0, 0.05) is 23.6 Å². The minimum absolute atomic E-state index is 0.160. The summed E-state index contributed by atoms with van der Waals surface area (Å²) in [6.45, 7) is 8.03. The molecule has 10 heteroatoms. The monoisotopic (exact) mass is 540 g/mol. The molecule has 0 bridgehead atoms. The number of hydrogen-bond acceptors (Lipinski definition) is 3. The molecule has 0 fully saturated rings. The van der Waals surface area contributed by atoms with Crippen molar-refractivity contribution in [2.45, 2.75) is 33.1 Å². The normalized spacial score (nSPS) is 11.4. The van der Waals surface area contributed by atoms with Crippen LogP contribution >= 0.6 is 46.4 Å². The SMILES string of the molecule is CCN(CC(=O)Nc1cc(C(C)(C)C)nn1-c1ccc(Cl)c(Cl)c1)C(=O)c1ccc(Cl)c(Cl)c1. The molecule has 6 nitrogen and oxygen atoms in total. The number of carbonyl (C=O) groups excluding carboxylic acids is 2. The van der Waals surface area contributed by atoms with E-state index in [0.717, 1.165) is 5.69 Å². The average Bonchev–Trinajstić information content (AvgIpc) is 3.19. The smallest absolute Gasteiger partial charge is 0.254 e. The van der Waals surface area contributed by atoms with Crippen LogP contribution in [0.5, 0.6) is 0 Å². The van der Waals surface area contributed by atoms with Crippen molar-refractivity contribution in [3.63, 3.8) is 0 Å². The first kappa shape index (κ1) is 26.4. The summed E-state index contributed by atoms with van der Waals surface area (Å²) in [6, 6.07) is 11.5. The van der Waals surface area contributed by atoms with E-state index in [0.29, 0.717) is 38.7 Å². The standard InChI is InChI=1S/C24H24Cl4N4O2/c1-5-31(23(34)14-6-8-16(25)18(27)10-14)13-22(33)29-21-12-20(24(2,3)4)30-32(21)15-7-9-17(26)19(28)11-15/h6-12H,5,13H2,1-4H3,(H,29,33). The molecule has 34 heavy (non-hydrogen) atoms. The van der Waals surface area contributed by atoms with Crippen LogP contribution in [0.1, 0.15) is 43.7 Å². The second-order valence-electron chi connectivity index (χ2n) is 8.67. The minimum Gasteiger partial charge on any atom is -0.330 e. The van der Waals surface area contributed by atoms with Gasteiger partial charge in [0.1, 0.15) is 12.4 Å². The molecule has 0 saturated heterocycles. The Morgan fingerprint density at radius 1 is 0.941 bits per heavy atom. The molecule has 180 valence electrons. The van der Waals surface area contributed by atoms with Gasteiger partial charge in [-0.3, -0.25) is 9.59 Å². The first-order valence-electron chi connectivity index (χ1n) is 10.5. The number of aromatic nitrogens is 2. The van der Waals surface area contributed by atoms with Crippen LogP contribution in [0.25, 0.3) is 5.69 Å². The second-order valence-corrected chi connectivity index (χ2v) is 10.3. The van der Waals surface area contributed by atoms with Gasteiger partial charge in [0.25, 0.3) is 5.91 Å². The molecule has 0 aliphatic carbocycles. The highest BCUT2D eigenvalue weighted by atomic mass is 35.5. The van der Waals surface area contributed by atoms with Crippen LogP contribution in [-0.4, -0.2) is 39.6 Å². The van der Waals surface area contributed by atoms with E-state index in [1.165, 1.54) is 11.0 Å². The zero-order valence-electron chi connectivity index (χ0n) is 19.1. The number of likely N-dealkylation sites (N-methyl/N-ethyl adjacent to an activating group) is 1. The lowest BCUT2D eigenvalue weighted by atomic mass is 9.92.